The van der Waals surface area contributed by atoms with Gasteiger partial charge in [0.2, 0.25) is 0 Å². The van der Waals surface area contributed by atoms with Crippen LogP contribution >= 0.6 is 23.2 Å². The summed E-state index contributed by atoms with van der Waals surface area (Å²) in [6.07, 6.45) is 0. The molecule has 28 heavy (non-hydrogen) atoms. The molecule has 0 bridgehead atoms. The summed E-state index contributed by atoms with van der Waals surface area (Å²) in [5.41, 5.74) is 0.679. The molecule has 2 aromatic heterocycles. The minimum atomic E-state index is -0.413. The Labute approximate surface area is 173 Å². The average Bonchev–Trinajstić information content (AvgIpc) is 3.07. The summed E-state index contributed by atoms with van der Waals surface area (Å²) in [5, 5.41) is 3.96. The topological polar surface area (TPSA) is 73.8 Å². The van der Waals surface area contributed by atoms with Crippen molar-refractivity contribution in [3.63, 3.8) is 0 Å². The molecule has 0 atom stereocenters. The van der Waals surface area contributed by atoms with E-state index in [1.807, 2.05) is 6.92 Å². The Morgan fingerprint density at radius 3 is 2.14 bits per heavy atom. The van der Waals surface area contributed by atoms with Gasteiger partial charge in [-0.1, -0.05) is 37.0 Å². The Kier molecular flexibility index (Phi) is 7.46. The highest BCUT2D eigenvalue weighted by Gasteiger charge is 2.19. The number of aromatic nitrogens is 4. The van der Waals surface area contributed by atoms with Crippen LogP contribution in [0.2, 0.25) is 10.0 Å². The first-order valence-corrected chi connectivity index (χ1v) is 9.86. The molecule has 0 spiro atoms. The van der Waals surface area contributed by atoms with Crippen LogP contribution in [0.5, 0.6) is 0 Å². The maximum atomic E-state index is 12.5. The van der Waals surface area contributed by atoms with Crippen LogP contribution in [0.3, 0.4) is 0 Å². The van der Waals surface area contributed by atoms with Gasteiger partial charge >= 0.3 is 5.69 Å². The second-order valence-electron chi connectivity index (χ2n) is 6.14. The van der Waals surface area contributed by atoms with Gasteiger partial charge in [-0.05, 0) is 38.2 Å². The van der Waals surface area contributed by atoms with Crippen molar-refractivity contribution < 1.29 is 0 Å². The first kappa shape index (κ1) is 22.2. The third-order valence-corrected chi connectivity index (χ3v) is 5.08. The van der Waals surface area contributed by atoms with Gasteiger partial charge in [0.15, 0.2) is 11.2 Å². The summed E-state index contributed by atoms with van der Waals surface area (Å²) >= 11 is 12.0. The van der Waals surface area contributed by atoms with Crippen LogP contribution in [0.15, 0.2) is 27.8 Å². The lowest BCUT2D eigenvalue weighted by atomic mass is 10.2. The van der Waals surface area contributed by atoms with Crippen LogP contribution in [-0.2, 0) is 20.6 Å². The van der Waals surface area contributed by atoms with E-state index in [0.717, 1.165) is 23.2 Å². The van der Waals surface area contributed by atoms with Crippen molar-refractivity contribution in [2.24, 2.45) is 14.1 Å². The molecule has 0 aliphatic carbocycles. The predicted octanol–water partition coefficient (Wildman–Crippen LogP) is 3.04. The molecule has 3 aromatic rings. The molecule has 9 heteroatoms. The molecule has 0 fully saturated rings. The highest BCUT2D eigenvalue weighted by molar-refractivity contribution is 6.42. The average molecular weight is 426 g/mol. The zero-order valence-electron chi connectivity index (χ0n) is 16.7. The molecule has 0 unspecified atom stereocenters. The third kappa shape index (κ3) is 4.16. The lowest BCUT2D eigenvalue weighted by Crippen LogP contribution is -2.37. The van der Waals surface area contributed by atoms with Gasteiger partial charge in [0.25, 0.3) is 5.56 Å². The molecule has 7 nitrogen and oxygen atoms in total. The van der Waals surface area contributed by atoms with Crippen molar-refractivity contribution in [2.45, 2.75) is 27.3 Å². The minimum absolute atomic E-state index is 0.348. The molecule has 0 saturated carbocycles. The Morgan fingerprint density at radius 2 is 1.64 bits per heavy atom. The van der Waals surface area contributed by atoms with E-state index in [2.05, 4.69) is 24.1 Å². The Morgan fingerprint density at radius 1 is 1.00 bits per heavy atom. The van der Waals surface area contributed by atoms with E-state index in [0.29, 0.717) is 33.6 Å². The molecule has 1 N–H and O–H groups in total. The van der Waals surface area contributed by atoms with Crippen LogP contribution in [0, 0.1) is 0 Å². The van der Waals surface area contributed by atoms with E-state index in [-0.39, 0.29) is 5.56 Å². The lowest BCUT2D eigenvalue weighted by Gasteiger charge is -2.07. The molecule has 1 aromatic carbocycles. The number of imidazole rings is 1. The Hall–Kier alpha value is -2.09. The first-order valence-electron chi connectivity index (χ1n) is 9.10. The standard InChI is InChI=1S/C15H14Cl2N4O2.C4H11N/c1-4-21-11-13(19(2)15(23)20(3)14(11)22)18-12(21)8-5-6-9(16)10(17)7-8;1-3-5-4-2/h5-7H,4H2,1-3H3;5H,3-4H2,1-2H3. The van der Waals surface area contributed by atoms with Crippen molar-refractivity contribution in [3.05, 3.63) is 49.1 Å². The maximum absolute atomic E-state index is 12.5. The summed E-state index contributed by atoms with van der Waals surface area (Å²) < 4.78 is 4.22. The molecule has 0 aliphatic heterocycles. The first-order chi connectivity index (χ1) is 13.3. The molecule has 2 heterocycles. The quantitative estimate of drug-likeness (QED) is 0.696. The smallest absolute Gasteiger partial charge is 0.318 e. The molecule has 0 saturated heterocycles. The number of nitrogens with zero attached hydrogens (tertiary/aromatic N) is 4. The summed E-state index contributed by atoms with van der Waals surface area (Å²) in [6, 6.07) is 5.15. The molecule has 0 radical (unpaired) electrons. The van der Waals surface area contributed by atoms with Crippen molar-refractivity contribution in [2.75, 3.05) is 13.1 Å². The zero-order valence-corrected chi connectivity index (χ0v) is 18.2. The van der Waals surface area contributed by atoms with Gasteiger partial charge < -0.3 is 9.88 Å². The number of halogens is 2. The zero-order chi connectivity index (χ0) is 21.0. The van der Waals surface area contributed by atoms with Gasteiger partial charge in [-0.25, -0.2) is 9.78 Å². The fourth-order valence-corrected chi connectivity index (χ4v) is 3.16. The van der Waals surface area contributed by atoms with E-state index >= 15 is 0 Å². The number of hydrogen-bond donors (Lipinski definition) is 1. The second kappa shape index (κ2) is 9.41. The number of nitrogens with one attached hydrogen (secondary N) is 1. The van der Waals surface area contributed by atoms with E-state index in [1.54, 1.807) is 29.8 Å². The Balaban J connectivity index is 0.000000500. The number of benzene rings is 1. The fraction of sp³-hybridized carbons (Fsp3) is 0.421. The monoisotopic (exact) mass is 425 g/mol. The fourth-order valence-electron chi connectivity index (χ4n) is 2.86. The highest BCUT2D eigenvalue weighted by atomic mass is 35.5. The van der Waals surface area contributed by atoms with Crippen LogP contribution in [0.1, 0.15) is 20.8 Å². The van der Waals surface area contributed by atoms with Crippen molar-refractivity contribution >= 4 is 34.4 Å². The molecule has 0 amide bonds. The highest BCUT2D eigenvalue weighted by Crippen LogP contribution is 2.29. The second-order valence-corrected chi connectivity index (χ2v) is 6.96. The minimum Gasteiger partial charge on any atom is -0.318 e. The van der Waals surface area contributed by atoms with Crippen LogP contribution in [0.25, 0.3) is 22.6 Å². The summed E-state index contributed by atoms with van der Waals surface area (Å²) in [4.78, 5) is 29.1. The van der Waals surface area contributed by atoms with Crippen molar-refractivity contribution in [3.8, 4) is 11.4 Å². The number of hydrogen-bond acceptors (Lipinski definition) is 4. The van der Waals surface area contributed by atoms with Crippen LogP contribution in [0.4, 0.5) is 0 Å². The molecular weight excluding hydrogens is 401 g/mol. The van der Waals surface area contributed by atoms with E-state index < -0.39 is 5.69 Å². The summed E-state index contributed by atoms with van der Waals surface area (Å²) in [7, 11) is 3.05. The van der Waals surface area contributed by atoms with Gasteiger partial charge in [0.1, 0.15) is 5.82 Å². The normalized spacial score (nSPS) is 10.8. The predicted molar refractivity (Wildman–Crippen MR) is 116 cm³/mol. The van der Waals surface area contributed by atoms with Crippen molar-refractivity contribution in [1.29, 1.82) is 0 Å². The van der Waals surface area contributed by atoms with Crippen LogP contribution < -0.4 is 16.6 Å². The lowest BCUT2D eigenvalue weighted by molar-refractivity contribution is 0.700. The summed E-state index contributed by atoms with van der Waals surface area (Å²) in [6.45, 7) is 8.83. The SMILES string of the molecule is CCNCC.CCn1c(-c2ccc(Cl)c(Cl)c2)nc2c1c(=O)n(C)c(=O)n2C. The van der Waals surface area contributed by atoms with Crippen molar-refractivity contribution in [1.82, 2.24) is 24.0 Å². The summed E-state index contributed by atoms with van der Waals surface area (Å²) in [5.74, 6) is 0.569. The van der Waals surface area contributed by atoms with Gasteiger partial charge in [0, 0.05) is 26.2 Å². The van der Waals surface area contributed by atoms with Gasteiger partial charge in [0.05, 0.1) is 10.0 Å². The van der Waals surface area contributed by atoms with Gasteiger partial charge in [-0.3, -0.25) is 13.9 Å². The number of rotatable bonds is 4. The number of aryl methyl sites for hydroxylation is 2. The van der Waals surface area contributed by atoms with E-state index in [9.17, 15) is 9.59 Å². The largest absolute Gasteiger partial charge is 0.332 e. The van der Waals surface area contributed by atoms with E-state index in [4.69, 9.17) is 23.2 Å². The molecular formula is C19H25Cl2N5O2. The van der Waals surface area contributed by atoms with Gasteiger partial charge in [-0.15, -0.1) is 0 Å². The maximum Gasteiger partial charge on any atom is 0.332 e. The molecule has 0 aliphatic rings. The van der Waals surface area contributed by atoms with Gasteiger partial charge in [-0.2, -0.15) is 0 Å². The molecule has 3 rings (SSSR count). The number of fused-ring (bicyclic) bond motifs is 1. The Bertz CT molecular complexity index is 1100. The van der Waals surface area contributed by atoms with Crippen LogP contribution in [-0.4, -0.2) is 31.8 Å². The third-order valence-electron chi connectivity index (χ3n) is 4.34. The molecule has 152 valence electrons. The van der Waals surface area contributed by atoms with E-state index in [1.165, 1.54) is 11.6 Å².